The highest BCUT2D eigenvalue weighted by atomic mass is 16.6. The van der Waals surface area contributed by atoms with Crippen molar-refractivity contribution in [2.45, 2.75) is 6.92 Å². The van der Waals surface area contributed by atoms with E-state index in [2.05, 4.69) is 19.9 Å². The summed E-state index contributed by atoms with van der Waals surface area (Å²) in [5, 5.41) is 7.16. The summed E-state index contributed by atoms with van der Waals surface area (Å²) in [7, 11) is 0. The van der Waals surface area contributed by atoms with Gasteiger partial charge in [-0.25, -0.2) is 4.63 Å². The highest BCUT2D eigenvalue weighted by Gasteiger charge is 2.08. The molecule has 0 aromatic carbocycles. The third-order valence-corrected chi connectivity index (χ3v) is 1.66. The Kier molecular flexibility index (Phi) is 1.70. The van der Waals surface area contributed by atoms with E-state index in [1.54, 1.807) is 12.4 Å². The van der Waals surface area contributed by atoms with Crippen molar-refractivity contribution in [1.29, 1.82) is 0 Å². The molecule has 0 fully saturated rings. The smallest absolute Gasteiger partial charge is 0.196 e. The van der Waals surface area contributed by atoms with Crippen molar-refractivity contribution in [3.8, 4) is 11.3 Å². The molecule has 0 bridgehead atoms. The monoisotopic (exact) mass is 176 g/mol. The summed E-state index contributed by atoms with van der Waals surface area (Å²) >= 11 is 0. The highest BCUT2D eigenvalue weighted by Crippen LogP contribution is 2.21. The first-order valence-electron chi connectivity index (χ1n) is 3.77. The van der Waals surface area contributed by atoms with Crippen molar-refractivity contribution in [3.63, 3.8) is 0 Å². The Balaban J connectivity index is 2.53. The van der Waals surface area contributed by atoms with Crippen molar-refractivity contribution in [1.82, 2.24) is 15.3 Å². The molecule has 0 saturated heterocycles. The van der Waals surface area contributed by atoms with Crippen LogP contribution in [0, 0.1) is 6.92 Å². The van der Waals surface area contributed by atoms with Gasteiger partial charge in [0, 0.05) is 18.0 Å². The molecule has 2 rings (SSSR count). The van der Waals surface area contributed by atoms with Gasteiger partial charge in [-0.1, -0.05) is 0 Å². The minimum Gasteiger partial charge on any atom is -0.379 e. The molecule has 0 aliphatic rings. The second-order valence-electron chi connectivity index (χ2n) is 2.75. The van der Waals surface area contributed by atoms with Crippen LogP contribution in [0.1, 0.15) is 5.56 Å². The van der Waals surface area contributed by atoms with Crippen LogP contribution in [0.25, 0.3) is 11.3 Å². The summed E-state index contributed by atoms with van der Waals surface area (Å²) in [4.78, 5) is 4.02. The maximum absolute atomic E-state index is 5.53. The lowest BCUT2D eigenvalue weighted by molar-refractivity contribution is 0.310. The molecule has 0 aliphatic heterocycles. The quantitative estimate of drug-likeness (QED) is 0.701. The predicted molar refractivity (Wildman–Crippen MR) is 46.7 cm³/mol. The average molecular weight is 176 g/mol. The van der Waals surface area contributed by atoms with Crippen molar-refractivity contribution in [2.24, 2.45) is 0 Å². The number of hydrogen-bond donors (Lipinski definition) is 1. The highest BCUT2D eigenvalue weighted by molar-refractivity contribution is 5.68. The molecule has 0 radical (unpaired) electrons. The summed E-state index contributed by atoms with van der Waals surface area (Å²) in [6, 6.07) is 1.92. The molecule has 0 atom stereocenters. The van der Waals surface area contributed by atoms with Gasteiger partial charge >= 0.3 is 0 Å². The van der Waals surface area contributed by atoms with Crippen molar-refractivity contribution >= 4 is 5.82 Å². The summed E-state index contributed by atoms with van der Waals surface area (Å²) in [6.45, 7) is 1.94. The minimum absolute atomic E-state index is 0.285. The van der Waals surface area contributed by atoms with Gasteiger partial charge in [-0.05, 0) is 28.9 Å². The van der Waals surface area contributed by atoms with E-state index in [1.807, 2.05) is 13.0 Å². The molecule has 0 amide bonds. The van der Waals surface area contributed by atoms with E-state index < -0.39 is 0 Å². The third-order valence-electron chi connectivity index (χ3n) is 1.66. The van der Waals surface area contributed by atoms with Crippen LogP contribution in [-0.2, 0) is 0 Å². The van der Waals surface area contributed by atoms with E-state index in [-0.39, 0.29) is 5.82 Å². The normalized spacial score (nSPS) is 10.2. The molecular formula is C8H8N4O. The maximum Gasteiger partial charge on any atom is 0.196 e. The fourth-order valence-corrected chi connectivity index (χ4v) is 1.08. The van der Waals surface area contributed by atoms with Gasteiger partial charge in [-0.15, -0.1) is 0 Å². The molecule has 2 aromatic heterocycles. The van der Waals surface area contributed by atoms with Crippen LogP contribution in [0.15, 0.2) is 23.1 Å². The molecular weight excluding hydrogens is 168 g/mol. The summed E-state index contributed by atoms with van der Waals surface area (Å²) in [5.41, 5.74) is 7.93. The number of anilines is 1. The lowest BCUT2D eigenvalue weighted by Crippen LogP contribution is -1.89. The van der Waals surface area contributed by atoms with Crippen molar-refractivity contribution in [2.75, 3.05) is 5.73 Å². The fraction of sp³-hybridized carbons (Fsp3) is 0.125. The Bertz CT molecular complexity index is 424. The van der Waals surface area contributed by atoms with Crippen LogP contribution in [0.2, 0.25) is 0 Å². The number of aromatic nitrogens is 3. The SMILES string of the molecule is Cc1cncc(-c2nonc2N)c1. The number of aryl methyl sites for hydroxylation is 1. The zero-order valence-electron chi connectivity index (χ0n) is 7.06. The van der Waals surface area contributed by atoms with Gasteiger partial charge in [-0.2, -0.15) is 0 Å². The van der Waals surface area contributed by atoms with Gasteiger partial charge in [0.15, 0.2) is 11.5 Å². The molecule has 2 heterocycles. The van der Waals surface area contributed by atoms with Crippen LogP contribution in [-0.4, -0.2) is 15.3 Å². The number of hydrogen-bond acceptors (Lipinski definition) is 5. The van der Waals surface area contributed by atoms with E-state index in [4.69, 9.17) is 5.73 Å². The molecule has 13 heavy (non-hydrogen) atoms. The first-order chi connectivity index (χ1) is 6.27. The molecule has 0 saturated carbocycles. The Morgan fingerprint density at radius 1 is 1.31 bits per heavy atom. The summed E-state index contributed by atoms with van der Waals surface area (Å²) in [6.07, 6.45) is 3.43. The summed E-state index contributed by atoms with van der Waals surface area (Å²) in [5.74, 6) is 0.285. The van der Waals surface area contributed by atoms with E-state index in [1.165, 1.54) is 0 Å². The maximum atomic E-state index is 5.53. The number of pyridine rings is 1. The van der Waals surface area contributed by atoms with Gasteiger partial charge in [0.25, 0.3) is 0 Å². The zero-order chi connectivity index (χ0) is 9.26. The molecule has 2 aromatic rings. The zero-order valence-corrected chi connectivity index (χ0v) is 7.06. The van der Waals surface area contributed by atoms with Crippen LogP contribution < -0.4 is 5.73 Å². The van der Waals surface area contributed by atoms with Gasteiger partial charge in [0.2, 0.25) is 0 Å². The fourth-order valence-electron chi connectivity index (χ4n) is 1.08. The van der Waals surface area contributed by atoms with Gasteiger partial charge in [0.05, 0.1) is 0 Å². The number of nitrogen functional groups attached to an aromatic ring is 1. The molecule has 5 nitrogen and oxygen atoms in total. The first-order valence-corrected chi connectivity index (χ1v) is 3.77. The van der Waals surface area contributed by atoms with E-state index >= 15 is 0 Å². The Morgan fingerprint density at radius 3 is 2.77 bits per heavy atom. The average Bonchev–Trinajstić information content (AvgIpc) is 2.51. The molecule has 0 aliphatic carbocycles. The topological polar surface area (TPSA) is 77.8 Å². The Labute approximate surface area is 74.5 Å². The first kappa shape index (κ1) is 7.72. The lowest BCUT2D eigenvalue weighted by Gasteiger charge is -1.96. The molecule has 5 heteroatoms. The third kappa shape index (κ3) is 1.35. The standard InChI is InChI=1S/C8H8N4O/c1-5-2-6(4-10-3-5)7-8(9)12-13-11-7/h2-4H,1H3,(H2,9,12). The van der Waals surface area contributed by atoms with Gasteiger partial charge < -0.3 is 5.73 Å². The van der Waals surface area contributed by atoms with Crippen molar-refractivity contribution in [3.05, 3.63) is 24.0 Å². The van der Waals surface area contributed by atoms with Gasteiger partial charge in [-0.3, -0.25) is 4.98 Å². The molecule has 66 valence electrons. The van der Waals surface area contributed by atoms with Gasteiger partial charge in [0.1, 0.15) is 0 Å². The van der Waals surface area contributed by atoms with Crippen LogP contribution in [0.4, 0.5) is 5.82 Å². The number of rotatable bonds is 1. The molecule has 0 spiro atoms. The Hall–Kier alpha value is -1.91. The lowest BCUT2D eigenvalue weighted by atomic mass is 10.2. The minimum atomic E-state index is 0.285. The van der Waals surface area contributed by atoms with Crippen molar-refractivity contribution < 1.29 is 4.63 Å². The number of nitrogens with zero attached hydrogens (tertiary/aromatic N) is 3. The predicted octanol–water partition coefficient (Wildman–Crippen LogP) is 1.02. The molecule has 2 N–H and O–H groups in total. The number of nitrogens with two attached hydrogens (primary N) is 1. The van der Waals surface area contributed by atoms with Crippen LogP contribution in [0.3, 0.4) is 0 Å². The Morgan fingerprint density at radius 2 is 2.15 bits per heavy atom. The van der Waals surface area contributed by atoms with E-state index in [0.717, 1.165) is 11.1 Å². The van der Waals surface area contributed by atoms with Crippen LogP contribution >= 0.6 is 0 Å². The second-order valence-corrected chi connectivity index (χ2v) is 2.75. The largest absolute Gasteiger partial charge is 0.379 e. The van der Waals surface area contributed by atoms with Crippen LogP contribution in [0.5, 0.6) is 0 Å². The second kappa shape index (κ2) is 2.85. The molecule has 0 unspecified atom stereocenters. The summed E-state index contributed by atoms with van der Waals surface area (Å²) < 4.78 is 4.49. The van der Waals surface area contributed by atoms with E-state index in [0.29, 0.717) is 5.69 Å². The van der Waals surface area contributed by atoms with E-state index in [9.17, 15) is 0 Å².